The molecule has 1 fully saturated rings. The summed E-state index contributed by atoms with van der Waals surface area (Å²) in [5.41, 5.74) is 1.96. The van der Waals surface area contributed by atoms with Crippen molar-refractivity contribution in [2.24, 2.45) is 0 Å². The number of cyclic esters (lactones) is 1. The van der Waals surface area contributed by atoms with Crippen LogP contribution in [0.3, 0.4) is 0 Å². The highest BCUT2D eigenvalue weighted by molar-refractivity contribution is 5.97. The number of ether oxygens (including phenoxy) is 1. The Balaban J connectivity index is 1.56. The summed E-state index contributed by atoms with van der Waals surface area (Å²) in [4.78, 5) is 41.6. The Hall–Kier alpha value is -3.61. The number of carbonyl (C=O) groups is 2. The zero-order valence-corrected chi connectivity index (χ0v) is 15.3. The molecule has 2 heterocycles. The maximum absolute atomic E-state index is 12.7. The van der Waals surface area contributed by atoms with Gasteiger partial charge in [0.05, 0.1) is 12.6 Å². The molecular formula is C21H19N3O4. The second-order valence-electron chi connectivity index (χ2n) is 6.63. The fraction of sp³-hybridized carbons (Fsp3) is 0.190. The second kappa shape index (κ2) is 7.19. The first kappa shape index (κ1) is 17.8. The average molecular weight is 377 g/mol. The quantitative estimate of drug-likeness (QED) is 0.731. The molecule has 1 aliphatic heterocycles. The number of para-hydroxylation sites is 1. The number of fused-ring (bicyclic) bond motifs is 1. The van der Waals surface area contributed by atoms with Gasteiger partial charge in [0.15, 0.2) is 0 Å². The zero-order chi connectivity index (χ0) is 19.7. The highest BCUT2D eigenvalue weighted by atomic mass is 16.6. The summed E-state index contributed by atoms with van der Waals surface area (Å²) < 4.78 is 4.97. The number of anilines is 1. The second-order valence-corrected chi connectivity index (χ2v) is 6.63. The fourth-order valence-corrected chi connectivity index (χ4v) is 3.28. The molecule has 1 aromatic heterocycles. The van der Waals surface area contributed by atoms with Gasteiger partial charge in [-0.1, -0.05) is 24.3 Å². The molecule has 1 aliphatic rings. The Kier molecular flexibility index (Phi) is 4.57. The van der Waals surface area contributed by atoms with Gasteiger partial charge in [0, 0.05) is 22.8 Å². The summed E-state index contributed by atoms with van der Waals surface area (Å²) >= 11 is 0. The number of nitrogens with zero attached hydrogens (tertiary/aromatic N) is 1. The third kappa shape index (κ3) is 3.22. The summed E-state index contributed by atoms with van der Waals surface area (Å²) in [6, 6.07) is 14.0. The van der Waals surface area contributed by atoms with Crippen LogP contribution in [-0.2, 0) is 4.74 Å². The van der Waals surface area contributed by atoms with Crippen LogP contribution in [0.4, 0.5) is 10.5 Å². The van der Waals surface area contributed by atoms with Crippen LogP contribution in [0.25, 0.3) is 10.9 Å². The number of benzene rings is 2. The van der Waals surface area contributed by atoms with Crippen molar-refractivity contribution in [2.75, 3.05) is 18.1 Å². The Bertz CT molecular complexity index is 1120. The molecule has 7 heteroatoms. The van der Waals surface area contributed by atoms with Crippen molar-refractivity contribution in [3.63, 3.8) is 0 Å². The minimum atomic E-state index is -0.453. The zero-order valence-electron chi connectivity index (χ0n) is 15.3. The van der Waals surface area contributed by atoms with Gasteiger partial charge in [0.1, 0.15) is 12.2 Å². The third-order valence-electron chi connectivity index (χ3n) is 4.82. The first-order valence-corrected chi connectivity index (χ1v) is 9.00. The predicted molar refractivity (Wildman–Crippen MR) is 106 cm³/mol. The normalized spacial score (nSPS) is 14.8. The van der Waals surface area contributed by atoms with E-state index in [1.54, 1.807) is 23.1 Å². The van der Waals surface area contributed by atoms with Crippen LogP contribution in [-0.4, -0.2) is 30.1 Å². The Morgan fingerprint density at radius 1 is 1.18 bits per heavy atom. The third-order valence-corrected chi connectivity index (χ3v) is 4.82. The van der Waals surface area contributed by atoms with Gasteiger partial charge < -0.3 is 15.0 Å². The summed E-state index contributed by atoms with van der Waals surface area (Å²) in [7, 11) is 0. The number of amides is 2. The Morgan fingerprint density at radius 3 is 2.79 bits per heavy atom. The summed E-state index contributed by atoms with van der Waals surface area (Å²) in [6.07, 6.45) is 1.06. The fourth-order valence-electron chi connectivity index (χ4n) is 3.28. The molecule has 142 valence electrons. The minimum Gasteiger partial charge on any atom is -0.447 e. The van der Waals surface area contributed by atoms with E-state index in [0.29, 0.717) is 29.7 Å². The lowest BCUT2D eigenvalue weighted by Crippen LogP contribution is -2.31. The van der Waals surface area contributed by atoms with Gasteiger partial charge in [-0.05, 0) is 36.8 Å². The van der Waals surface area contributed by atoms with Gasteiger partial charge in [-0.2, -0.15) is 0 Å². The van der Waals surface area contributed by atoms with Crippen LogP contribution < -0.4 is 15.6 Å². The first-order valence-electron chi connectivity index (χ1n) is 9.00. The number of rotatable bonds is 4. The van der Waals surface area contributed by atoms with Crippen molar-refractivity contribution in [1.82, 2.24) is 10.3 Å². The Labute approximate surface area is 160 Å². The van der Waals surface area contributed by atoms with Gasteiger partial charge in [-0.15, -0.1) is 0 Å². The summed E-state index contributed by atoms with van der Waals surface area (Å²) in [6.45, 7) is 2.68. The standard InChI is InChI=1S/C21H19N3O4/c1-13(14-5-4-6-15(11-14)24-9-10-28-21(24)27)23-20(26)17-12-22-18-8-3-2-7-16(18)19(17)25/h2-8,11-13H,9-10H2,1H3,(H,22,25)(H,23,26). The van der Waals surface area contributed by atoms with Crippen LogP contribution in [0.2, 0.25) is 0 Å². The van der Waals surface area contributed by atoms with Gasteiger partial charge in [0.2, 0.25) is 5.43 Å². The number of aromatic nitrogens is 1. The van der Waals surface area contributed by atoms with Crippen molar-refractivity contribution in [3.8, 4) is 0 Å². The van der Waals surface area contributed by atoms with E-state index in [1.807, 2.05) is 37.3 Å². The van der Waals surface area contributed by atoms with E-state index in [0.717, 1.165) is 5.56 Å². The van der Waals surface area contributed by atoms with Crippen molar-refractivity contribution < 1.29 is 14.3 Å². The maximum atomic E-state index is 12.7. The van der Waals surface area contributed by atoms with Gasteiger partial charge in [-0.25, -0.2) is 4.79 Å². The average Bonchev–Trinajstić information content (AvgIpc) is 3.14. The van der Waals surface area contributed by atoms with Crippen LogP contribution in [0.1, 0.15) is 28.9 Å². The van der Waals surface area contributed by atoms with E-state index < -0.39 is 5.91 Å². The lowest BCUT2D eigenvalue weighted by Gasteiger charge is -2.18. The van der Waals surface area contributed by atoms with Crippen LogP contribution in [0.15, 0.2) is 59.5 Å². The topological polar surface area (TPSA) is 91.5 Å². The monoisotopic (exact) mass is 377 g/mol. The van der Waals surface area contributed by atoms with Crippen molar-refractivity contribution >= 4 is 28.6 Å². The summed E-state index contributed by atoms with van der Waals surface area (Å²) in [5, 5.41) is 3.32. The van der Waals surface area contributed by atoms with E-state index in [2.05, 4.69) is 10.3 Å². The highest BCUT2D eigenvalue weighted by Gasteiger charge is 2.24. The van der Waals surface area contributed by atoms with Crippen LogP contribution in [0.5, 0.6) is 0 Å². The first-order chi connectivity index (χ1) is 13.5. The molecule has 4 rings (SSSR count). The number of aromatic amines is 1. The predicted octanol–water partition coefficient (Wildman–Crippen LogP) is 2.98. The number of hydrogen-bond donors (Lipinski definition) is 2. The molecule has 7 nitrogen and oxygen atoms in total. The molecule has 1 saturated heterocycles. The van der Waals surface area contributed by atoms with Crippen molar-refractivity contribution in [2.45, 2.75) is 13.0 Å². The molecule has 0 saturated carbocycles. The van der Waals surface area contributed by atoms with Crippen molar-refractivity contribution in [1.29, 1.82) is 0 Å². The molecule has 0 bridgehead atoms. The Morgan fingerprint density at radius 2 is 2.00 bits per heavy atom. The van der Waals surface area contributed by atoms with E-state index in [1.165, 1.54) is 6.20 Å². The van der Waals surface area contributed by atoms with E-state index in [-0.39, 0.29) is 23.1 Å². The molecule has 0 aliphatic carbocycles. The molecule has 0 radical (unpaired) electrons. The molecule has 0 spiro atoms. The molecule has 1 unspecified atom stereocenters. The molecule has 2 N–H and O–H groups in total. The van der Waals surface area contributed by atoms with E-state index >= 15 is 0 Å². The summed E-state index contributed by atoms with van der Waals surface area (Å²) in [5.74, 6) is -0.453. The number of nitrogens with one attached hydrogen (secondary N) is 2. The minimum absolute atomic E-state index is 0.0600. The van der Waals surface area contributed by atoms with Crippen LogP contribution in [0, 0.1) is 0 Å². The van der Waals surface area contributed by atoms with Gasteiger partial charge in [-0.3, -0.25) is 14.5 Å². The molecular weight excluding hydrogens is 358 g/mol. The molecule has 1 atom stereocenters. The maximum Gasteiger partial charge on any atom is 0.414 e. The lowest BCUT2D eigenvalue weighted by atomic mass is 10.1. The van der Waals surface area contributed by atoms with Crippen LogP contribution >= 0.6 is 0 Å². The highest BCUT2D eigenvalue weighted by Crippen LogP contribution is 2.23. The van der Waals surface area contributed by atoms with Gasteiger partial charge >= 0.3 is 6.09 Å². The molecule has 2 amide bonds. The number of carbonyl (C=O) groups excluding carboxylic acids is 2. The number of H-pyrrole nitrogens is 1. The van der Waals surface area contributed by atoms with E-state index in [9.17, 15) is 14.4 Å². The van der Waals surface area contributed by atoms with Crippen molar-refractivity contribution in [3.05, 3.63) is 76.1 Å². The molecule has 2 aromatic carbocycles. The largest absolute Gasteiger partial charge is 0.447 e. The molecule has 28 heavy (non-hydrogen) atoms. The lowest BCUT2D eigenvalue weighted by molar-refractivity contribution is 0.0938. The number of hydrogen-bond acceptors (Lipinski definition) is 4. The van der Waals surface area contributed by atoms with E-state index in [4.69, 9.17) is 4.74 Å². The smallest absolute Gasteiger partial charge is 0.414 e. The SMILES string of the molecule is CC(NC(=O)c1c[nH]c2ccccc2c1=O)c1cccc(N2CCOC2=O)c1. The number of pyridine rings is 1. The van der Waals surface area contributed by atoms with Gasteiger partial charge in [0.25, 0.3) is 5.91 Å². The molecule has 3 aromatic rings.